The van der Waals surface area contributed by atoms with E-state index in [1.54, 1.807) is 0 Å². The minimum atomic E-state index is -0.932. The van der Waals surface area contributed by atoms with Crippen molar-refractivity contribution in [3.05, 3.63) is 35.9 Å². The predicted octanol–water partition coefficient (Wildman–Crippen LogP) is 2.76. The third-order valence-corrected chi connectivity index (χ3v) is 5.99. The van der Waals surface area contributed by atoms with Crippen LogP contribution in [0.5, 0.6) is 0 Å². The van der Waals surface area contributed by atoms with Crippen molar-refractivity contribution >= 4 is 29.1 Å². The van der Waals surface area contributed by atoms with Gasteiger partial charge in [0.2, 0.25) is 5.91 Å². The van der Waals surface area contributed by atoms with Crippen LogP contribution in [-0.4, -0.2) is 48.0 Å². The Morgan fingerprint density at radius 1 is 1.30 bits per heavy atom. The van der Waals surface area contributed by atoms with Crippen molar-refractivity contribution in [1.82, 2.24) is 10.2 Å². The minimum Gasteiger partial charge on any atom is -0.379 e. The van der Waals surface area contributed by atoms with Gasteiger partial charge in [-0.25, -0.2) is 0 Å². The van der Waals surface area contributed by atoms with Crippen molar-refractivity contribution < 1.29 is 9.53 Å². The zero-order valence-electron chi connectivity index (χ0n) is 13.2. The topological polar surface area (TPSA) is 41.6 Å². The molecule has 2 atom stereocenters. The van der Waals surface area contributed by atoms with Crippen molar-refractivity contribution in [2.75, 3.05) is 32.8 Å². The summed E-state index contributed by atoms with van der Waals surface area (Å²) >= 11 is 12.2. The molecule has 1 saturated heterocycles. The van der Waals surface area contributed by atoms with Crippen LogP contribution in [-0.2, 0) is 9.53 Å². The van der Waals surface area contributed by atoms with E-state index in [9.17, 15) is 4.79 Å². The number of alkyl halides is 2. The Labute approximate surface area is 147 Å². The predicted molar refractivity (Wildman–Crippen MR) is 91.7 cm³/mol. The van der Waals surface area contributed by atoms with Crippen LogP contribution in [0.15, 0.2) is 30.3 Å². The molecular weight excluding hydrogens is 335 g/mol. The number of ether oxygens (including phenoxy) is 1. The average molecular weight is 357 g/mol. The van der Waals surface area contributed by atoms with Crippen molar-refractivity contribution in [3.63, 3.8) is 0 Å². The van der Waals surface area contributed by atoms with Crippen molar-refractivity contribution in [2.24, 2.45) is 5.41 Å². The highest BCUT2D eigenvalue weighted by Crippen LogP contribution is 2.63. The molecule has 1 amide bonds. The van der Waals surface area contributed by atoms with Gasteiger partial charge < -0.3 is 10.1 Å². The molecule has 1 aromatic rings. The Bertz CT molecular complexity index is 561. The molecule has 6 heteroatoms. The van der Waals surface area contributed by atoms with E-state index in [0.717, 1.165) is 26.3 Å². The first-order chi connectivity index (χ1) is 10.9. The second-order valence-electron chi connectivity index (χ2n) is 6.50. The molecule has 0 aromatic heterocycles. The van der Waals surface area contributed by atoms with Crippen LogP contribution in [0.1, 0.15) is 24.9 Å². The first kappa shape index (κ1) is 17.0. The van der Waals surface area contributed by atoms with Gasteiger partial charge in [-0.05, 0) is 18.9 Å². The molecule has 0 bridgehead atoms. The monoisotopic (exact) mass is 356 g/mol. The molecule has 2 aliphatic rings. The maximum absolute atomic E-state index is 12.4. The smallest absolute Gasteiger partial charge is 0.229 e. The fraction of sp³-hybridized carbons (Fsp3) is 0.588. The molecule has 0 radical (unpaired) electrons. The van der Waals surface area contributed by atoms with E-state index < -0.39 is 9.75 Å². The second-order valence-corrected chi connectivity index (χ2v) is 7.98. The van der Waals surface area contributed by atoms with Crippen LogP contribution in [0.4, 0.5) is 0 Å². The number of nitrogens with zero attached hydrogens (tertiary/aromatic N) is 1. The molecule has 0 spiro atoms. The van der Waals surface area contributed by atoms with E-state index in [0.29, 0.717) is 13.0 Å². The summed E-state index contributed by atoms with van der Waals surface area (Å²) in [6.07, 6.45) is 0.502. The number of hydrogen-bond donors (Lipinski definition) is 1. The Balaban J connectivity index is 1.68. The summed E-state index contributed by atoms with van der Waals surface area (Å²) in [4.78, 5) is 14.8. The summed E-state index contributed by atoms with van der Waals surface area (Å²) in [6, 6.07) is 10.4. The van der Waals surface area contributed by atoms with Crippen molar-refractivity contribution in [3.8, 4) is 0 Å². The fourth-order valence-corrected chi connectivity index (χ4v) is 3.76. The summed E-state index contributed by atoms with van der Waals surface area (Å²) in [6.45, 7) is 5.53. The highest BCUT2D eigenvalue weighted by atomic mass is 35.5. The normalized spacial score (nSPS) is 28.1. The van der Waals surface area contributed by atoms with Gasteiger partial charge in [0, 0.05) is 19.6 Å². The Morgan fingerprint density at radius 2 is 1.91 bits per heavy atom. The zero-order chi connectivity index (χ0) is 16.5. The minimum absolute atomic E-state index is 0.0725. The summed E-state index contributed by atoms with van der Waals surface area (Å²) < 4.78 is 4.51. The van der Waals surface area contributed by atoms with E-state index in [4.69, 9.17) is 27.9 Å². The lowest BCUT2D eigenvalue weighted by atomic mass is 10.0. The zero-order valence-corrected chi connectivity index (χ0v) is 14.7. The fourth-order valence-electron chi connectivity index (χ4n) is 3.05. The number of benzene rings is 1. The molecule has 1 saturated carbocycles. The third kappa shape index (κ3) is 3.50. The van der Waals surface area contributed by atoms with Gasteiger partial charge in [0.15, 0.2) is 0 Å². The number of carbonyl (C=O) groups excluding carboxylic acids is 1. The molecular formula is C17H22Cl2N2O2. The molecule has 126 valence electrons. The molecule has 1 aliphatic carbocycles. The summed E-state index contributed by atoms with van der Waals surface area (Å²) in [7, 11) is 0. The molecule has 1 aliphatic heterocycles. The van der Waals surface area contributed by atoms with Gasteiger partial charge in [0.1, 0.15) is 4.33 Å². The van der Waals surface area contributed by atoms with Crippen molar-refractivity contribution in [1.29, 1.82) is 0 Å². The van der Waals surface area contributed by atoms with E-state index in [-0.39, 0.29) is 11.9 Å². The number of hydrogen-bond acceptors (Lipinski definition) is 3. The number of morpholine rings is 1. The van der Waals surface area contributed by atoms with Gasteiger partial charge in [-0.1, -0.05) is 30.3 Å². The third-order valence-electron chi connectivity index (χ3n) is 4.89. The average Bonchev–Trinajstić information content (AvgIpc) is 3.09. The second kappa shape index (κ2) is 6.60. The molecule has 2 unspecified atom stereocenters. The van der Waals surface area contributed by atoms with E-state index in [2.05, 4.69) is 22.3 Å². The van der Waals surface area contributed by atoms with Crippen LogP contribution < -0.4 is 5.32 Å². The Kier molecular flexibility index (Phi) is 4.88. The molecule has 1 heterocycles. The van der Waals surface area contributed by atoms with Gasteiger partial charge in [-0.2, -0.15) is 0 Å². The Hall–Kier alpha value is -0.810. The summed E-state index contributed by atoms with van der Waals surface area (Å²) in [5, 5.41) is 3.05. The highest BCUT2D eigenvalue weighted by molar-refractivity contribution is 6.53. The highest BCUT2D eigenvalue weighted by Gasteiger charge is 2.67. The van der Waals surface area contributed by atoms with Crippen LogP contribution in [0.2, 0.25) is 0 Å². The summed E-state index contributed by atoms with van der Waals surface area (Å²) in [5.74, 6) is -0.0725. The summed E-state index contributed by atoms with van der Waals surface area (Å²) in [5.41, 5.74) is 0.515. The first-order valence-corrected chi connectivity index (χ1v) is 8.72. The molecule has 23 heavy (non-hydrogen) atoms. The number of carbonyl (C=O) groups is 1. The van der Waals surface area contributed by atoms with Gasteiger partial charge >= 0.3 is 0 Å². The van der Waals surface area contributed by atoms with Gasteiger partial charge in [-0.15, -0.1) is 23.2 Å². The van der Waals surface area contributed by atoms with Crippen molar-refractivity contribution in [2.45, 2.75) is 23.7 Å². The quantitative estimate of drug-likeness (QED) is 0.824. The molecule has 1 N–H and O–H groups in total. The molecule has 4 nitrogen and oxygen atoms in total. The number of rotatable bonds is 5. The number of halogens is 2. The van der Waals surface area contributed by atoms with Crippen LogP contribution in [0.25, 0.3) is 0 Å². The van der Waals surface area contributed by atoms with Crippen LogP contribution >= 0.6 is 23.2 Å². The lowest BCUT2D eigenvalue weighted by Crippen LogP contribution is -2.45. The van der Waals surface area contributed by atoms with E-state index >= 15 is 0 Å². The molecule has 1 aromatic carbocycles. The van der Waals surface area contributed by atoms with Gasteiger partial charge in [0.25, 0.3) is 0 Å². The SMILES string of the molecule is CC1(C(=O)NCC(c2ccccc2)N2CCOCC2)CC1(Cl)Cl. The Morgan fingerprint density at radius 3 is 2.48 bits per heavy atom. The lowest BCUT2D eigenvalue weighted by Gasteiger charge is -2.35. The molecule has 3 rings (SSSR count). The van der Waals surface area contributed by atoms with Gasteiger partial charge in [0.05, 0.1) is 24.7 Å². The lowest BCUT2D eigenvalue weighted by molar-refractivity contribution is -0.126. The standard InChI is InChI=1S/C17H22Cl2N2O2/c1-16(12-17(16,18)19)15(22)20-11-14(13-5-3-2-4-6-13)21-7-9-23-10-8-21/h2-6,14H,7-12H2,1H3,(H,20,22). The largest absolute Gasteiger partial charge is 0.379 e. The van der Waals surface area contributed by atoms with E-state index in [1.807, 2.05) is 25.1 Å². The number of nitrogens with one attached hydrogen (secondary N) is 1. The maximum Gasteiger partial charge on any atom is 0.229 e. The molecule has 2 fully saturated rings. The number of amides is 1. The van der Waals surface area contributed by atoms with E-state index in [1.165, 1.54) is 5.56 Å². The first-order valence-electron chi connectivity index (χ1n) is 7.97. The van der Waals surface area contributed by atoms with Crippen LogP contribution in [0.3, 0.4) is 0 Å². The van der Waals surface area contributed by atoms with Crippen LogP contribution in [0, 0.1) is 5.41 Å². The van der Waals surface area contributed by atoms with Gasteiger partial charge in [-0.3, -0.25) is 9.69 Å². The maximum atomic E-state index is 12.4.